The minimum absolute atomic E-state index is 1.29. The van der Waals surface area contributed by atoms with Crippen LogP contribution in [0.3, 0.4) is 0 Å². The van der Waals surface area contributed by atoms with Crippen LogP contribution in [0.4, 0.5) is 0 Å². The first-order chi connectivity index (χ1) is 7.33. The van der Waals surface area contributed by atoms with E-state index in [1.54, 1.807) is 0 Å². The molecule has 0 fully saturated rings. The van der Waals surface area contributed by atoms with Crippen LogP contribution in [0.5, 0.6) is 0 Å². The van der Waals surface area contributed by atoms with Gasteiger partial charge in [0.25, 0.3) is 0 Å². The van der Waals surface area contributed by atoms with Gasteiger partial charge in [0, 0.05) is 0 Å². The molecule has 0 saturated carbocycles. The summed E-state index contributed by atoms with van der Waals surface area (Å²) >= 11 is 0. The maximum absolute atomic E-state index is 2.18. The van der Waals surface area contributed by atoms with Gasteiger partial charge in [-0.2, -0.15) is 0 Å². The fourth-order valence-corrected chi connectivity index (χ4v) is 1.93. The third-order valence-corrected chi connectivity index (χ3v) is 2.70. The Hall–Kier alpha value is -1.56. The molecule has 0 heteroatoms. The van der Waals surface area contributed by atoms with Gasteiger partial charge < -0.3 is 0 Å². The summed E-state index contributed by atoms with van der Waals surface area (Å²) in [5.74, 6) is 0. The lowest BCUT2D eigenvalue weighted by molar-refractivity contribution is 1.33. The highest BCUT2D eigenvalue weighted by Crippen LogP contribution is 2.26. The van der Waals surface area contributed by atoms with Gasteiger partial charge in [-0.25, -0.2) is 0 Å². The second-order valence-electron chi connectivity index (χ2n) is 3.69. The zero-order chi connectivity index (χ0) is 10.7. The zero-order valence-electron chi connectivity index (χ0n) is 9.20. The number of rotatable bonds is 2. The van der Waals surface area contributed by atoms with E-state index in [0.29, 0.717) is 0 Å². The lowest BCUT2D eigenvalue weighted by atomic mass is 9.94. The molecule has 0 aliphatic rings. The summed E-state index contributed by atoms with van der Waals surface area (Å²) in [4.78, 5) is 0. The van der Waals surface area contributed by atoms with Gasteiger partial charge >= 0.3 is 0 Å². The molecule has 0 unspecified atom stereocenters. The fraction of sp³-hybridized carbons (Fsp3) is 0.133. The van der Waals surface area contributed by atoms with Gasteiger partial charge in [-0.3, -0.25) is 0 Å². The van der Waals surface area contributed by atoms with E-state index >= 15 is 0 Å². The largest absolute Gasteiger partial charge is 0.0622 e. The number of hydrogen-bond donors (Lipinski definition) is 0. The van der Waals surface area contributed by atoms with Crippen LogP contribution in [0.1, 0.15) is 18.1 Å². The Labute approximate surface area is 91.6 Å². The van der Waals surface area contributed by atoms with Crippen molar-refractivity contribution < 1.29 is 0 Å². The monoisotopic (exact) mass is 195 g/mol. The Morgan fingerprint density at radius 3 is 2.27 bits per heavy atom. The third-order valence-electron chi connectivity index (χ3n) is 2.70. The van der Waals surface area contributed by atoms with Crippen molar-refractivity contribution in [3.05, 3.63) is 66.1 Å². The fourth-order valence-electron chi connectivity index (χ4n) is 1.93. The Morgan fingerprint density at radius 1 is 0.867 bits per heavy atom. The molecule has 0 heterocycles. The summed E-state index contributed by atoms with van der Waals surface area (Å²) in [6.07, 6.45) is 2.18. The first-order valence-electron chi connectivity index (χ1n) is 5.27. The van der Waals surface area contributed by atoms with E-state index in [2.05, 4.69) is 68.8 Å². The standard InChI is InChI=1S/C15H15/c1-3-14-12(2)8-7-11-15(14)13-9-5-4-6-10-13/h3-11H,1-2H3. The smallest absolute Gasteiger partial charge is 0.0115 e. The summed E-state index contributed by atoms with van der Waals surface area (Å²) in [5.41, 5.74) is 5.27. The van der Waals surface area contributed by atoms with Gasteiger partial charge in [0.05, 0.1) is 0 Å². The molecule has 0 N–H and O–H groups in total. The number of hydrogen-bond acceptors (Lipinski definition) is 0. The minimum atomic E-state index is 1.29. The molecule has 15 heavy (non-hydrogen) atoms. The first kappa shape index (κ1) is 9.97. The maximum atomic E-state index is 2.18. The van der Waals surface area contributed by atoms with E-state index in [-0.39, 0.29) is 0 Å². The minimum Gasteiger partial charge on any atom is -0.0622 e. The molecular weight excluding hydrogens is 180 g/mol. The predicted octanol–water partition coefficient (Wildman–Crippen LogP) is 4.23. The molecule has 0 atom stereocenters. The van der Waals surface area contributed by atoms with Gasteiger partial charge in [-0.1, -0.05) is 55.5 Å². The van der Waals surface area contributed by atoms with Crippen LogP contribution in [0.25, 0.3) is 11.1 Å². The average molecular weight is 195 g/mol. The topological polar surface area (TPSA) is 0 Å². The van der Waals surface area contributed by atoms with Crippen molar-refractivity contribution in [3.63, 3.8) is 0 Å². The molecule has 0 saturated heterocycles. The van der Waals surface area contributed by atoms with Gasteiger partial charge in [0.15, 0.2) is 0 Å². The van der Waals surface area contributed by atoms with Crippen LogP contribution in [0.2, 0.25) is 0 Å². The van der Waals surface area contributed by atoms with E-state index in [0.717, 1.165) is 0 Å². The third kappa shape index (κ3) is 1.94. The van der Waals surface area contributed by atoms with E-state index in [1.165, 1.54) is 22.3 Å². The van der Waals surface area contributed by atoms with Crippen LogP contribution in [0.15, 0.2) is 48.5 Å². The van der Waals surface area contributed by atoms with Crippen LogP contribution in [-0.4, -0.2) is 0 Å². The van der Waals surface area contributed by atoms with E-state index in [4.69, 9.17) is 0 Å². The van der Waals surface area contributed by atoms with Crippen LogP contribution >= 0.6 is 0 Å². The highest BCUT2D eigenvalue weighted by atomic mass is 14.1. The maximum Gasteiger partial charge on any atom is -0.0115 e. The Balaban J connectivity index is 2.58. The van der Waals surface area contributed by atoms with Crippen LogP contribution in [0, 0.1) is 13.3 Å². The first-order valence-corrected chi connectivity index (χ1v) is 5.27. The molecule has 0 spiro atoms. The van der Waals surface area contributed by atoms with Gasteiger partial charge in [-0.15, -0.1) is 0 Å². The summed E-state index contributed by atoms with van der Waals surface area (Å²) in [6.45, 7) is 4.25. The van der Waals surface area contributed by atoms with Crippen molar-refractivity contribution >= 4 is 0 Å². The van der Waals surface area contributed by atoms with Crippen molar-refractivity contribution in [2.24, 2.45) is 0 Å². The van der Waals surface area contributed by atoms with Gasteiger partial charge in [-0.05, 0) is 35.6 Å². The van der Waals surface area contributed by atoms with Crippen molar-refractivity contribution in [3.8, 4) is 11.1 Å². The van der Waals surface area contributed by atoms with Crippen LogP contribution in [-0.2, 0) is 0 Å². The Bertz CT molecular complexity index is 441. The van der Waals surface area contributed by atoms with Crippen molar-refractivity contribution in [2.45, 2.75) is 13.8 Å². The second-order valence-corrected chi connectivity index (χ2v) is 3.69. The van der Waals surface area contributed by atoms with Gasteiger partial charge in [0.2, 0.25) is 0 Å². The molecule has 0 nitrogen and oxygen atoms in total. The average Bonchev–Trinajstić information content (AvgIpc) is 2.30. The quantitative estimate of drug-likeness (QED) is 0.672. The molecule has 0 bridgehead atoms. The zero-order valence-corrected chi connectivity index (χ0v) is 9.20. The van der Waals surface area contributed by atoms with E-state index in [9.17, 15) is 0 Å². The molecule has 1 radical (unpaired) electrons. The van der Waals surface area contributed by atoms with E-state index in [1.807, 2.05) is 0 Å². The highest BCUT2D eigenvalue weighted by molar-refractivity contribution is 5.70. The molecule has 75 valence electrons. The Morgan fingerprint density at radius 2 is 1.60 bits per heavy atom. The molecule has 0 aliphatic heterocycles. The predicted molar refractivity (Wildman–Crippen MR) is 65.7 cm³/mol. The second kappa shape index (κ2) is 4.31. The number of benzene rings is 2. The molecule has 0 aromatic heterocycles. The lowest BCUT2D eigenvalue weighted by Crippen LogP contribution is -1.89. The van der Waals surface area contributed by atoms with Gasteiger partial charge in [0.1, 0.15) is 0 Å². The molecular formula is C15H15. The van der Waals surface area contributed by atoms with Crippen molar-refractivity contribution in [2.75, 3.05) is 0 Å². The normalized spacial score (nSPS) is 10.3. The molecule has 2 aromatic rings. The molecule has 0 amide bonds. The molecule has 0 aliphatic carbocycles. The Kier molecular flexibility index (Phi) is 2.86. The van der Waals surface area contributed by atoms with E-state index < -0.39 is 0 Å². The summed E-state index contributed by atoms with van der Waals surface area (Å²) in [7, 11) is 0. The molecule has 2 rings (SSSR count). The summed E-state index contributed by atoms with van der Waals surface area (Å²) in [5, 5.41) is 0. The molecule has 2 aromatic carbocycles. The van der Waals surface area contributed by atoms with Crippen LogP contribution < -0.4 is 0 Å². The summed E-state index contributed by atoms with van der Waals surface area (Å²) < 4.78 is 0. The highest BCUT2D eigenvalue weighted by Gasteiger charge is 2.04. The number of aryl methyl sites for hydroxylation is 1. The lowest BCUT2D eigenvalue weighted by Gasteiger charge is -2.10. The summed E-state index contributed by atoms with van der Waals surface area (Å²) in [6, 6.07) is 17.0. The SMILES string of the molecule is C[CH]c1c(C)cccc1-c1ccccc1. The van der Waals surface area contributed by atoms with Crippen molar-refractivity contribution in [1.29, 1.82) is 0 Å². The van der Waals surface area contributed by atoms with Crippen molar-refractivity contribution in [1.82, 2.24) is 0 Å².